The van der Waals surface area contributed by atoms with Gasteiger partial charge in [-0.2, -0.15) is 13.2 Å². The summed E-state index contributed by atoms with van der Waals surface area (Å²) in [6.07, 6.45) is -4.87. The lowest BCUT2D eigenvalue weighted by molar-refractivity contribution is -0.0887. The fourth-order valence-corrected chi connectivity index (χ4v) is 1.60. The number of aromatic amines is 1. The van der Waals surface area contributed by atoms with Crippen molar-refractivity contribution < 1.29 is 18.0 Å². The molecule has 0 saturated carbocycles. The van der Waals surface area contributed by atoms with Gasteiger partial charge in [0, 0.05) is 10.7 Å². The van der Waals surface area contributed by atoms with Gasteiger partial charge in [-0.25, -0.2) is 0 Å². The van der Waals surface area contributed by atoms with Crippen molar-refractivity contribution in [2.24, 2.45) is 0 Å². The van der Waals surface area contributed by atoms with E-state index < -0.39 is 17.7 Å². The summed E-state index contributed by atoms with van der Waals surface area (Å²) in [7, 11) is 0. The molecule has 0 aliphatic rings. The molecule has 0 unspecified atom stereocenters. The highest BCUT2D eigenvalue weighted by molar-refractivity contribution is 6.30. The van der Waals surface area contributed by atoms with Gasteiger partial charge in [-0.15, -0.1) is 0 Å². The van der Waals surface area contributed by atoms with Crippen LogP contribution in [0.4, 0.5) is 13.2 Å². The number of H-pyrrole nitrogens is 1. The second-order valence-electron chi connectivity index (χ2n) is 3.62. The lowest BCUT2D eigenvalue weighted by Crippen LogP contribution is -2.22. The van der Waals surface area contributed by atoms with E-state index in [1.54, 1.807) is 24.3 Å². The number of aromatic nitrogens is 1. The number of Topliss-reactive ketones (excluding diaryl/α,β-unsaturated/α-hetero) is 1. The summed E-state index contributed by atoms with van der Waals surface area (Å²) >= 11 is 5.70. The van der Waals surface area contributed by atoms with Crippen LogP contribution in [-0.2, 0) is 0 Å². The van der Waals surface area contributed by atoms with Crippen LogP contribution in [0.1, 0.15) is 10.5 Å². The van der Waals surface area contributed by atoms with Crippen molar-refractivity contribution in [3.63, 3.8) is 0 Å². The molecule has 18 heavy (non-hydrogen) atoms. The number of carbonyl (C=O) groups is 1. The van der Waals surface area contributed by atoms with E-state index in [9.17, 15) is 18.0 Å². The Balaban J connectivity index is 2.31. The maximum absolute atomic E-state index is 12.2. The summed E-state index contributed by atoms with van der Waals surface area (Å²) in [5.41, 5.74) is 0.604. The van der Waals surface area contributed by atoms with Crippen LogP contribution in [-0.4, -0.2) is 16.9 Å². The predicted octanol–water partition coefficient (Wildman–Crippen LogP) is 4.08. The highest BCUT2D eigenvalue weighted by Gasteiger charge is 2.40. The van der Waals surface area contributed by atoms with Gasteiger partial charge in [0.05, 0.1) is 5.69 Å². The van der Waals surface area contributed by atoms with Crippen LogP contribution < -0.4 is 0 Å². The van der Waals surface area contributed by atoms with E-state index in [-0.39, 0.29) is 0 Å². The quantitative estimate of drug-likeness (QED) is 0.822. The van der Waals surface area contributed by atoms with E-state index >= 15 is 0 Å². The molecule has 0 radical (unpaired) electrons. The Morgan fingerprint density at radius 2 is 1.67 bits per heavy atom. The minimum absolute atomic E-state index is 0.430. The number of hydrogen-bond acceptors (Lipinski definition) is 1. The van der Waals surface area contributed by atoms with Crippen LogP contribution in [0.25, 0.3) is 11.3 Å². The third-order valence-corrected chi connectivity index (χ3v) is 2.60. The molecule has 1 heterocycles. The zero-order chi connectivity index (χ0) is 13.3. The molecule has 0 amide bonds. The summed E-state index contributed by atoms with van der Waals surface area (Å²) in [5.74, 6) is -1.89. The number of halogens is 4. The fourth-order valence-electron chi connectivity index (χ4n) is 1.48. The monoisotopic (exact) mass is 273 g/mol. The number of hydrogen-bond donors (Lipinski definition) is 1. The van der Waals surface area contributed by atoms with Crippen molar-refractivity contribution in [3.8, 4) is 11.3 Å². The van der Waals surface area contributed by atoms with Crippen molar-refractivity contribution in [3.05, 3.63) is 47.1 Å². The minimum Gasteiger partial charge on any atom is -0.352 e. The van der Waals surface area contributed by atoms with Crippen LogP contribution in [0.5, 0.6) is 0 Å². The van der Waals surface area contributed by atoms with Crippen molar-refractivity contribution in [1.29, 1.82) is 0 Å². The summed E-state index contributed by atoms with van der Waals surface area (Å²) in [5, 5.41) is 0.525. The average molecular weight is 274 g/mol. The summed E-state index contributed by atoms with van der Waals surface area (Å²) in [6, 6.07) is 9.06. The maximum Gasteiger partial charge on any atom is 0.456 e. The van der Waals surface area contributed by atoms with E-state index in [1.165, 1.54) is 6.07 Å². The van der Waals surface area contributed by atoms with Crippen LogP contribution in [0, 0.1) is 0 Å². The largest absolute Gasteiger partial charge is 0.456 e. The summed E-state index contributed by atoms with van der Waals surface area (Å²) in [6.45, 7) is 0. The van der Waals surface area contributed by atoms with Gasteiger partial charge in [-0.3, -0.25) is 4.79 Å². The Labute approximate surface area is 105 Å². The van der Waals surface area contributed by atoms with E-state index in [4.69, 9.17) is 11.6 Å². The van der Waals surface area contributed by atoms with E-state index in [0.717, 1.165) is 6.07 Å². The van der Waals surface area contributed by atoms with Crippen molar-refractivity contribution in [2.75, 3.05) is 0 Å². The van der Waals surface area contributed by atoms with Crippen LogP contribution in [0.3, 0.4) is 0 Å². The molecule has 6 heteroatoms. The summed E-state index contributed by atoms with van der Waals surface area (Å²) < 4.78 is 36.6. The Hall–Kier alpha value is -1.75. The molecule has 0 spiro atoms. The lowest BCUT2D eigenvalue weighted by Gasteiger charge is -2.02. The fraction of sp³-hybridized carbons (Fsp3) is 0.0833. The molecular formula is C12H7ClF3NO. The average Bonchev–Trinajstić information content (AvgIpc) is 2.77. The molecule has 0 aliphatic carbocycles. The Bertz CT molecular complexity index is 572. The van der Waals surface area contributed by atoms with Gasteiger partial charge < -0.3 is 4.98 Å². The summed E-state index contributed by atoms with van der Waals surface area (Å²) in [4.78, 5) is 13.4. The zero-order valence-corrected chi connectivity index (χ0v) is 9.64. The molecule has 0 aliphatic heterocycles. The maximum atomic E-state index is 12.2. The van der Waals surface area contributed by atoms with E-state index in [1.807, 2.05) is 0 Å². The minimum atomic E-state index is -4.87. The highest BCUT2D eigenvalue weighted by Crippen LogP contribution is 2.25. The number of nitrogens with one attached hydrogen (secondary N) is 1. The second kappa shape index (κ2) is 4.49. The first-order valence-electron chi connectivity index (χ1n) is 4.94. The molecule has 0 atom stereocenters. The van der Waals surface area contributed by atoms with Crippen molar-refractivity contribution in [2.45, 2.75) is 6.18 Å². The van der Waals surface area contributed by atoms with Gasteiger partial charge in [0.2, 0.25) is 0 Å². The first kappa shape index (κ1) is 12.7. The molecule has 1 aromatic heterocycles. The lowest BCUT2D eigenvalue weighted by atomic mass is 10.2. The molecule has 2 aromatic rings. The molecule has 0 fully saturated rings. The highest BCUT2D eigenvalue weighted by atomic mass is 35.5. The second-order valence-corrected chi connectivity index (χ2v) is 4.06. The van der Waals surface area contributed by atoms with Crippen LogP contribution in [0.15, 0.2) is 36.4 Å². The number of rotatable bonds is 2. The molecule has 2 nitrogen and oxygen atoms in total. The Kier molecular flexibility index (Phi) is 3.17. The van der Waals surface area contributed by atoms with E-state index in [2.05, 4.69) is 4.98 Å². The third-order valence-electron chi connectivity index (χ3n) is 2.34. The third kappa shape index (κ3) is 2.56. The molecule has 0 bridgehead atoms. The number of benzene rings is 1. The molecular weight excluding hydrogens is 267 g/mol. The smallest absolute Gasteiger partial charge is 0.352 e. The van der Waals surface area contributed by atoms with Crippen molar-refractivity contribution in [1.82, 2.24) is 4.98 Å². The van der Waals surface area contributed by atoms with Crippen LogP contribution in [0.2, 0.25) is 5.02 Å². The van der Waals surface area contributed by atoms with E-state index in [0.29, 0.717) is 16.3 Å². The number of alkyl halides is 3. The number of ketones is 1. The molecule has 1 N–H and O–H groups in total. The first-order valence-corrected chi connectivity index (χ1v) is 5.32. The van der Waals surface area contributed by atoms with Crippen molar-refractivity contribution >= 4 is 17.4 Å². The van der Waals surface area contributed by atoms with Gasteiger partial charge in [-0.05, 0) is 29.8 Å². The Morgan fingerprint density at radius 3 is 2.22 bits per heavy atom. The SMILES string of the molecule is O=C(c1ccc(-c2ccc(Cl)cc2)[nH]1)C(F)(F)F. The molecule has 2 rings (SSSR count). The van der Waals surface area contributed by atoms with Gasteiger partial charge in [-0.1, -0.05) is 23.7 Å². The predicted molar refractivity (Wildman–Crippen MR) is 61.6 cm³/mol. The van der Waals surface area contributed by atoms with Crippen LogP contribution >= 0.6 is 11.6 Å². The van der Waals surface area contributed by atoms with Gasteiger partial charge in [0.25, 0.3) is 5.78 Å². The van der Waals surface area contributed by atoms with Gasteiger partial charge >= 0.3 is 6.18 Å². The zero-order valence-electron chi connectivity index (χ0n) is 8.88. The standard InChI is InChI=1S/C12H7ClF3NO/c13-8-3-1-7(2-4-8)9-5-6-10(17-9)11(18)12(14,15)16/h1-6,17H. The van der Waals surface area contributed by atoms with Gasteiger partial charge in [0.1, 0.15) is 0 Å². The Morgan fingerprint density at radius 1 is 1.06 bits per heavy atom. The molecule has 1 aromatic carbocycles. The normalized spacial score (nSPS) is 11.6. The topological polar surface area (TPSA) is 32.9 Å². The molecule has 0 saturated heterocycles. The number of carbonyl (C=O) groups excluding carboxylic acids is 1. The first-order chi connectivity index (χ1) is 8.38. The van der Waals surface area contributed by atoms with Gasteiger partial charge in [0.15, 0.2) is 0 Å². The molecule has 94 valence electrons.